The van der Waals surface area contributed by atoms with Gasteiger partial charge in [-0.3, -0.25) is 4.79 Å². The van der Waals surface area contributed by atoms with E-state index >= 15 is 0 Å². The average Bonchev–Trinajstić information content (AvgIpc) is 2.65. The van der Waals surface area contributed by atoms with Gasteiger partial charge in [0.1, 0.15) is 24.0 Å². The maximum absolute atomic E-state index is 13.1. The maximum Gasteiger partial charge on any atom is 0.205 e. The topological polar surface area (TPSA) is 94.6 Å². The molecule has 1 aliphatic heterocycles. The fraction of sp³-hybridized carbons (Fsp3) is 0.391. The van der Waals surface area contributed by atoms with Gasteiger partial charge in [0.25, 0.3) is 0 Å². The monoisotopic (exact) mass is 470 g/mol. The predicted molar refractivity (Wildman–Crippen MR) is 115 cm³/mol. The third-order valence-corrected chi connectivity index (χ3v) is 5.63. The van der Waals surface area contributed by atoms with Crippen molar-refractivity contribution in [1.29, 1.82) is 5.26 Å². The number of rotatable bonds is 5. The van der Waals surface area contributed by atoms with Crippen molar-refractivity contribution in [2.24, 2.45) is 11.1 Å². The van der Waals surface area contributed by atoms with Gasteiger partial charge >= 0.3 is 0 Å². The van der Waals surface area contributed by atoms with Crippen molar-refractivity contribution in [3.63, 3.8) is 0 Å². The molecule has 30 heavy (non-hydrogen) atoms. The Hall–Kier alpha value is -2.90. The minimum absolute atomic E-state index is 0.0218. The van der Waals surface area contributed by atoms with Crippen molar-refractivity contribution in [3.8, 4) is 29.9 Å². The second-order valence-corrected chi connectivity index (χ2v) is 8.81. The summed E-state index contributed by atoms with van der Waals surface area (Å²) in [5, 5.41) is 9.79. The minimum atomic E-state index is -0.639. The first-order valence-corrected chi connectivity index (χ1v) is 10.4. The molecule has 0 bridgehead atoms. The molecule has 3 rings (SSSR count). The lowest BCUT2D eigenvalue weighted by Crippen LogP contribution is -2.33. The Kier molecular flexibility index (Phi) is 6.14. The molecule has 2 N–H and O–H groups in total. The van der Waals surface area contributed by atoms with Crippen molar-refractivity contribution in [2.45, 2.75) is 39.5 Å². The van der Waals surface area contributed by atoms with Crippen LogP contribution >= 0.6 is 15.9 Å². The molecule has 1 aromatic carbocycles. The lowest BCUT2D eigenvalue weighted by molar-refractivity contribution is -0.119. The Bertz CT molecular complexity index is 1040. The van der Waals surface area contributed by atoms with E-state index in [2.05, 4.69) is 27.9 Å². The van der Waals surface area contributed by atoms with Crippen LogP contribution in [0.15, 0.2) is 39.4 Å². The lowest BCUT2D eigenvalue weighted by Gasteiger charge is -2.37. The Morgan fingerprint density at radius 3 is 2.73 bits per heavy atom. The van der Waals surface area contributed by atoms with Gasteiger partial charge < -0.3 is 19.9 Å². The number of hydrogen-bond donors (Lipinski definition) is 1. The lowest BCUT2D eigenvalue weighted by atomic mass is 9.70. The minimum Gasteiger partial charge on any atom is -0.490 e. The molecule has 6 nitrogen and oxygen atoms in total. The van der Waals surface area contributed by atoms with Crippen molar-refractivity contribution in [3.05, 3.63) is 45.0 Å². The van der Waals surface area contributed by atoms with Crippen LogP contribution in [0.3, 0.4) is 0 Å². The number of carbonyl (C=O) groups is 1. The SMILES string of the molecule is C#CCOc1c(Br)cc(C2C(C#N)=C(N)OC3=C2C(=O)CC(C)(C)C3)cc1OCC. The highest BCUT2D eigenvalue weighted by Crippen LogP contribution is 2.49. The predicted octanol–water partition coefficient (Wildman–Crippen LogP) is 4.31. The van der Waals surface area contributed by atoms with E-state index in [1.165, 1.54) is 0 Å². The molecule has 1 atom stereocenters. The molecule has 0 spiro atoms. The van der Waals surface area contributed by atoms with E-state index in [4.69, 9.17) is 26.4 Å². The highest BCUT2D eigenvalue weighted by Gasteiger charge is 2.43. The molecule has 0 amide bonds. The fourth-order valence-electron chi connectivity index (χ4n) is 3.89. The van der Waals surface area contributed by atoms with Crippen LogP contribution in [0.1, 0.15) is 45.1 Å². The normalized spacial score (nSPS) is 20.1. The zero-order valence-electron chi connectivity index (χ0n) is 17.2. The van der Waals surface area contributed by atoms with Gasteiger partial charge in [-0.05, 0) is 46.0 Å². The molecule has 0 fully saturated rings. The molecule has 0 aromatic heterocycles. The van der Waals surface area contributed by atoms with E-state index in [9.17, 15) is 10.1 Å². The second kappa shape index (κ2) is 8.45. The number of carbonyl (C=O) groups excluding carboxylic acids is 1. The number of nitrogens with two attached hydrogens (primary N) is 1. The molecular weight excluding hydrogens is 448 g/mol. The Morgan fingerprint density at radius 1 is 1.37 bits per heavy atom. The Labute approximate surface area is 184 Å². The largest absolute Gasteiger partial charge is 0.490 e. The third kappa shape index (κ3) is 4.04. The number of Topliss-reactive ketones (excluding diaryl/α,β-unsaturated/α-hetero) is 1. The van der Waals surface area contributed by atoms with Gasteiger partial charge in [-0.1, -0.05) is 19.8 Å². The Morgan fingerprint density at radius 2 is 2.10 bits per heavy atom. The van der Waals surface area contributed by atoms with Gasteiger partial charge in [0.05, 0.1) is 17.0 Å². The van der Waals surface area contributed by atoms with Crippen molar-refractivity contribution >= 4 is 21.7 Å². The molecule has 0 saturated heterocycles. The smallest absolute Gasteiger partial charge is 0.205 e. The number of ketones is 1. The zero-order chi connectivity index (χ0) is 22.1. The molecule has 2 aliphatic rings. The highest BCUT2D eigenvalue weighted by molar-refractivity contribution is 9.10. The van der Waals surface area contributed by atoms with Crippen molar-refractivity contribution in [2.75, 3.05) is 13.2 Å². The molecule has 0 saturated carbocycles. The van der Waals surface area contributed by atoms with Crippen molar-refractivity contribution < 1.29 is 19.0 Å². The molecule has 7 heteroatoms. The van der Waals surface area contributed by atoms with Crippen molar-refractivity contribution in [1.82, 2.24) is 0 Å². The average molecular weight is 471 g/mol. The first kappa shape index (κ1) is 21.8. The van der Waals surface area contributed by atoms with E-state index in [0.29, 0.717) is 52.3 Å². The molecule has 1 unspecified atom stereocenters. The van der Waals surface area contributed by atoms with Crippen LogP contribution in [0, 0.1) is 29.1 Å². The van der Waals surface area contributed by atoms with Crippen LogP contribution in [0.2, 0.25) is 0 Å². The van der Waals surface area contributed by atoms with E-state index in [1.807, 2.05) is 20.8 Å². The van der Waals surface area contributed by atoms with E-state index in [1.54, 1.807) is 12.1 Å². The number of nitrogens with zero attached hydrogens (tertiary/aromatic N) is 1. The van der Waals surface area contributed by atoms with Crippen LogP contribution in [0.4, 0.5) is 0 Å². The first-order chi connectivity index (χ1) is 14.2. The number of benzene rings is 1. The molecule has 156 valence electrons. The second-order valence-electron chi connectivity index (χ2n) is 7.96. The molecule has 0 radical (unpaired) electrons. The number of terminal acetylenes is 1. The van der Waals surface area contributed by atoms with Gasteiger partial charge in [-0.25, -0.2) is 0 Å². The number of halogens is 1. The summed E-state index contributed by atoms with van der Waals surface area (Å²) in [7, 11) is 0. The van der Waals surface area contributed by atoms with Crippen LogP contribution < -0.4 is 15.2 Å². The van der Waals surface area contributed by atoms with Crippen LogP contribution in [-0.2, 0) is 9.53 Å². The van der Waals surface area contributed by atoms with Gasteiger partial charge in [-0.15, -0.1) is 6.42 Å². The number of hydrogen-bond acceptors (Lipinski definition) is 6. The van der Waals surface area contributed by atoms with Crippen LogP contribution in [0.25, 0.3) is 0 Å². The summed E-state index contributed by atoms with van der Waals surface area (Å²) in [5.41, 5.74) is 7.21. The maximum atomic E-state index is 13.1. The Balaban J connectivity index is 2.19. The summed E-state index contributed by atoms with van der Waals surface area (Å²) < 4.78 is 17.7. The summed E-state index contributed by atoms with van der Waals surface area (Å²) in [6.45, 7) is 6.35. The molecule has 1 aliphatic carbocycles. The van der Waals surface area contributed by atoms with Gasteiger partial charge in [0.15, 0.2) is 17.3 Å². The van der Waals surface area contributed by atoms with E-state index in [-0.39, 0.29) is 29.3 Å². The summed E-state index contributed by atoms with van der Waals surface area (Å²) >= 11 is 3.51. The highest BCUT2D eigenvalue weighted by atomic mass is 79.9. The summed E-state index contributed by atoms with van der Waals surface area (Å²) in [6.07, 6.45) is 6.25. The first-order valence-electron chi connectivity index (χ1n) is 9.58. The number of ether oxygens (including phenoxy) is 3. The fourth-order valence-corrected chi connectivity index (χ4v) is 4.46. The van der Waals surface area contributed by atoms with Crippen LogP contribution in [-0.4, -0.2) is 19.0 Å². The van der Waals surface area contributed by atoms with Gasteiger partial charge in [0, 0.05) is 18.4 Å². The molecule has 1 heterocycles. The van der Waals surface area contributed by atoms with Gasteiger partial charge in [-0.2, -0.15) is 5.26 Å². The van der Waals surface area contributed by atoms with E-state index < -0.39 is 5.92 Å². The zero-order valence-corrected chi connectivity index (χ0v) is 18.8. The summed E-state index contributed by atoms with van der Waals surface area (Å²) in [6, 6.07) is 5.69. The quantitative estimate of drug-likeness (QED) is 0.644. The summed E-state index contributed by atoms with van der Waals surface area (Å²) in [5.74, 6) is 3.22. The molecular formula is C23H23BrN2O4. The summed E-state index contributed by atoms with van der Waals surface area (Å²) in [4.78, 5) is 13.1. The molecule has 1 aromatic rings. The number of nitriles is 1. The van der Waals surface area contributed by atoms with Gasteiger partial charge in [0.2, 0.25) is 5.88 Å². The van der Waals surface area contributed by atoms with Crippen LogP contribution in [0.5, 0.6) is 11.5 Å². The third-order valence-electron chi connectivity index (χ3n) is 5.04. The number of allylic oxidation sites excluding steroid dienone is 3. The standard InChI is InChI=1S/C23H23BrN2O4/c1-5-7-29-21-15(24)8-13(9-17(21)28-6-2)19-14(12-25)22(26)30-18-11-23(3,4)10-16(27)20(18)19/h1,8-9,19H,6-7,10-11,26H2,2-4H3. The van der Waals surface area contributed by atoms with E-state index in [0.717, 1.165) is 0 Å².